The quantitative estimate of drug-likeness (QED) is 0.370. The second-order valence-electron chi connectivity index (χ2n) is 1.50. The standard InChI is InChI=1S/C5H6N2O.Ni/c6-5-3-1-2-4-7(5)8;/h1-4,6-7H;. The van der Waals surface area contributed by atoms with Gasteiger partial charge in [-0.25, -0.2) is 0 Å². The Labute approximate surface area is 63.1 Å². The Bertz CT molecular complexity index is 164. The van der Waals surface area contributed by atoms with Gasteiger partial charge in [-0.3, -0.25) is 10.5 Å². The first-order valence-corrected chi connectivity index (χ1v) is 2.28. The summed E-state index contributed by atoms with van der Waals surface area (Å²) in [6.45, 7) is 0. The number of quaternary nitrogens is 1. The zero-order valence-electron chi connectivity index (χ0n) is 4.53. The van der Waals surface area contributed by atoms with E-state index in [1.54, 1.807) is 12.2 Å². The van der Waals surface area contributed by atoms with Gasteiger partial charge in [-0.2, -0.15) is 0 Å². The Hall–Kier alpha value is -0.436. The summed E-state index contributed by atoms with van der Waals surface area (Å²) < 4.78 is 0. The van der Waals surface area contributed by atoms with Gasteiger partial charge >= 0.3 is 0 Å². The molecule has 1 aliphatic rings. The molecule has 52 valence electrons. The van der Waals surface area contributed by atoms with Gasteiger partial charge in [0.15, 0.2) is 0 Å². The zero-order valence-corrected chi connectivity index (χ0v) is 5.52. The summed E-state index contributed by atoms with van der Waals surface area (Å²) in [6, 6.07) is 0. The molecule has 0 fully saturated rings. The van der Waals surface area contributed by atoms with Crippen molar-refractivity contribution < 1.29 is 21.6 Å². The van der Waals surface area contributed by atoms with Crippen molar-refractivity contribution in [2.24, 2.45) is 0 Å². The van der Waals surface area contributed by atoms with Gasteiger partial charge < -0.3 is 5.21 Å². The molecule has 0 spiro atoms. The molecule has 0 aliphatic carbocycles. The fourth-order valence-electron chi connectivity index (χ4n) is 0.467. The first-order valence-electron chi connectivity index (χ1n) is 2.28. The van der Waals surface area contributed by atoms with Crippen LogP contribution in [0, 0.1) is 10.6 Å². The Kier molecular flexibility index (Phi) is 3.39. The molecule has 0 aromatic heterocycles. The van der Waals surface area contributed by atoms with Crippen molar-refractivity contribution in [2.75, 3.05) is 0 Å². The van der Waals surface area contributed by atoms with Crippen LogP contribution in [0.2, 0.25) is 0 Å². The molecule has 4 heteroatoms. The van der Waals surface area contributed by atoms with Crippen LogP contribution in [-0.2, 0) is 16.5 Å². The summed E-state index contributed by atoms with van der Waals surface area (Å²) in [4.78, 5) is 0. The molecule has 3 nitrogen and oxygen atoms in total. The van der Waals surface area contributed by atoms with Crippen molar-refractivity contribution in [1.29, 1.82) is 5.41 Å². The number of hydroxylamine groups is 2. The number of amidine groups is 1. The number of allylic oxidation sites excluding steroid dienone is 2. The number of hydrogen-bond acceptors (Lipinski definition) is 2. The molecule has 1 rings (SSSR count). The molecule has 0 aromatic carbocycles. The fraction of sp³-hybridized carbons (Fsp3) is 0. The van der Waals surface area contributed by atoms with Gasteiger partial charge in [0.1, 0.15) is 6.20 Å². The second-order valence-corrected chi connectivity index (χ2v) is 1.50. The molecule has 9 heavy (non-hydrogen) atoms. The number of nitrogens with one attached hydrogen (secondary N) is 2. The maximum atomic E-state index is 10.4. The van der Waals surface area contributed by atoms with Crippen molar-refractivity contribution in [1.82, 2.24) is 0 Å². The zero-order chi connectivity index (χ0) is 5.98. The maximum absolute atomic E-state index is 10.4. The average molecular weight is 169 g/mol. The molecule has 0 aromatic rings. The molecule has 0 saturated heterocycles. The summed E-state index contributed by atoms with van der Waals surface area (Å²) >= 11 is 0. The summed E-state index contributed by atoms with van der Waals surface area (Å²) in [7, 11) is 0. The monoisotopic (exact) mass is 168 g/mol. The van der Waals surface area contributed by atoms with E-state index in [-0.39, 0.29) is 27.4 Å². The molecule has 2 N–H and O–H groups in total. The fourth-order valence-corrected chi connectivity index (χ4v) is 0.467. The van der Waals surface area contributed by atoms with Crippen LogP contribution >= 0.6 is 0 Å². The van der Waals surface area contributed by atoms with Crippen LogP contribution in [-0.4, -0.2) is 5.84 Å². The van der Waals surface area contributed by atoms with Crippen LogP contribution in [0.4, 0.5) is 0 Å². The molecule has 0 saturated carbocycles. The Morgan fingerprint density at radius 3 is 2.44 bits per heavy atom. The number of rotatable bonds is 0. The van der Waals surface area contributed by atoms with E-state index in [2.05, 4.69) is 0 Å². The van der Waals surface area contributed by atoms with Gasteiger partial charge in [0.05, 0.1) is 0 Å². The Balaban J connectivity index is 0.000000640. The predicted molar refractivity (Wildman–Crippen MR) is 30.3 cm³/mol. The molecule has 0 bridgehead atoms. The average Bonchev–Trinajstić information content (AvgIpc) is 1.77. The van der Waals surface area contributed by atoms with E-state index in [0.29, 0.717) is 0 Å². The molecular weight excluding hydrogens is 163 g/mol. The van der Waals surface area contributed by atoms with Gasteiger partial charge in [0, 0.05) is 22.6 Å². The molecule has 0 amide bonds. The molecule has 0 radical (unpaired) electrons. The van der Waals surface area contributed by atoms with Crippen LogP contribution < -0.4 is 5.06 Å². The minimum Gasteiger partial charge on any atom is -0.623 e. The van der Waals surface area contributed by atoms with Crippen molar-refractivity contribution in [3.8, 4) is 0 Å². The second kappa shape index (κ2) is 3.56. The molecule has 1 atom stereocenters. The van der Waals surface area contributed by atoms with E-state index >= 15 is 0 Å². The summed E-state index contributed by atoms with van der Waals surface area (Å²) in [5.41, 5.74) is 0. The van der Waals surface area contributed by atoms with Crippen LogP contribution in [0.15, 0.2) is 24.4 Å². The minimum absolute atomic E-state index is 0. The normalized spacial score (nSPS) is 23.7. The van der Waals surface area contributed by atoms with Gasteiger partial charge in [-0.15, -0.1) is 0 Å². The molecule has 1 aliphatic heterocycles. The summed E-state index contributed by atoms with van der Waals surface area (Å²) in [5, 5.41) is 17.1. The largest absolute Gasteiger partial charge is 0.623 e. The number of hydrogen-bond donors (Lipinski definition) is 2. The SMILES string of the molecule is N=C1C=CC=C[NH+]1[O-].[Ni]. The van der Waals surface area contributed by atoms with Gasteiger partial charge in [0.25, 0.3) is 0 Å². The molecular formula is C5H6N2NiO. The van der Waals surface area contributed by atoms with Gasteiger partial charge in [0.2, 0.25) is 5.84 Å². The van der Waals surface area contributed by atoms with E-state index in [0.717, 1.165) is 0 Å². The minimum atomic E-state index is -0.215. The molecule has 1 heterocycles. The van der Waals surface area contributed by atoms with E-state index in [1.807, 2.05) is 0 Å². The Morgan fingerprint density at radius 2 is 2.11 bits per heavy atom. The molecule has 1 unspecified atom stereocenters. The van der Waals surface area contributed by atoms with Gasteiger partial charge in [-0.1, -0.05) is 0 Å². The van der Waals surface area contributed by atoms with E-state index in [9.17, 15) is 5.21 Å². The van der Waals surface area contributed by atoms with Crippen LogP contribution in [0.5, 0.6) is 0 Å². The van der Waals surface area contributed by atoms with Crippen molar-refractivity contribution in [3.05, 3.63) is 29.6 Å². The van der Waals surface area contributed by atoms with Crippen LogP contribution in [0.25, 0.3) is 0 Å². The Morgan fingerprint density at radius 1 is 1.44 bits per heavy atom. The summed E-state index contributed by atoms with van der Waals surface area (Å²) in [6.07, 6.45) is 6.15. The van der Waals surface area contributed by atoms with Gasteiger partial charge in [-0.05, 0) is 12.2 Å². The summed E-state index contributed by atoms with van der Waals surface area (Å²) in [5.74, 6) is 0.0625. The third kappa shape index (κ3) is 2.10. The third-order valence-electron chi connectivity index (χ3n) is 0.887. The van der Waals surface area contributed by atoms with E-state index < -0.39 is 0 Å². The first-order chi connectivity index (χ1) is 3.80. The first kappa shape index (κ1) is 8.56. The van der Waals surface area contributed by atoms with Crippen molar-refractivity contribution >= 4 is 5.84 Å². The van der Waals surface area contributed by atoms with Crippen LogP contribution in [0.3, 0.4) is 0 Å². The van der Waals surface area contributed by atoms with E-state index in [1.165, 1.54) is 12.3 Å². The maximum Gasteiger partial charge on any atom is 0.223 e. The third-order valence-corrected chi connectivity index (χ3v) is 0.887. The topological polar surface area (TPSA) is 51.4 Å². The van der Waals surface area contributed by atoms with Crippen LogP contribution in [0.1, 0.15) is 0 Å². The van der Waals surface area contributed by atoms with Crippen molar-refractivity contribution in [3.63, 3.8) is 0 Å². The van der Waals surface area contributed by atoms with E-state index in [4.69, 9.17) is 5.41 Å². The van der Waals surface area contributed by atoms with Crippen molar-refractivity contribution in [2.45, 2.75) is 0 Å². The smallest absolute Gasteiger partial charge is 0.223 e. The predicted octanol–water partition coefficient (Wildman–Crippen LogP) is -0.573.